The highest BCUT2D eigenvalue weighted by Gasteiger charge is 2.13. The fraction of sp³-hybridized carbons (Fsp3) is 0.174. The van der Waals surface area contributed by atoms with Gasteiger partial charge in [-0.3, -0.25) is 0 Å². The van der Waals surface area contributed by atoms with Gasteiger partial charge in [0.05, 0.1) is 30.2 Å². The zero-order valence-electron chi connectivity index (χ0n) is 16.7. The Kier molecular flexibility index (Phi) is 7.19. The smallest absolute Gasteiger partial charge is 0.340 e. The Morgan fingerprint density at radius 3 is 2.63 bits per heavy atom. The number of para-hydroxylation sites is 1. The molecule has 152 valence electrons. The minimum atomic E-state index is -0.417. The number of allylic oxidation sites excluding steroid dienone is 1. The largest absolute Gasteiger partial charge is 0.494 e. The van der Waals surface area contributed by atoms with Crippen LogP contribution < -0.4 is 10.1 Å². The van der Waals surface area contributed by atoms with Crippen molar-refractivity contribution in [2.45, 2.75) is 13.8 Å². The number of anilines is 1. The number of hydrogen-bond acceptors (Lipinski definition) is 7. The number of hydrogen-bond donors (Lipinski definition) is 1. The average Bonchev–Trinajstić information content (AvgIpc) is 3.25. The van der Waals surface area contributed by atoms with Crippen molar-refractivity contribution in [3.63, 3.8) is 0 Å². The molecule has 0 amide bonds. The van der Waals surface area contributed by atoms with Crippen LogP contribution in [-0.2, 0) is 4.74 Å². The maximum atomic E-state index is 12.1. The molecule has 0 saturated carbocycles. The number of carbonyl (C=O) groups excluding carboxylic acids is 1. The number of thiazole rings is 1. The number of nitrogens with one attached hydrogen (secondary N) is 1. The number of esters is 1. The van der Waals surface area contributed by atoms with E-state index in [0.717, 1.165) is 17.0 Å². The van der Waals surface area contributed by atoms with Gasteiger partial charge < -0.3 is 14.8 Å². The third kappa shape index (κ3) is 5.04. The standard InChI is InChI=1S/C23H21N3O3S/c1-3-28-18-11-9-16(10-12-18)21-15-30-22(26-21)17(13-24)14-25-20-8-6-5-7-19(20)23(27)29-4-2/h5-12,14-15,25H,3-4H2,1-2H3/b17-14-. The molecular formula is C23H21N3O3S. The van der Waals surface area contributed by atoms with Crippen LogP contribution in [0.2, 0.25) is 0 Å². The lowest BCUT2D eigenvalue weighted by molar-refractivity contribution is 0.0527. The van der Waals surface area contributed by atoms with Crippen LogP contribution in [0.4, 0.5) is 5.69 Å². The molecule has 1 heterocycles. The molecule has 0 atom stereocenters. The second kappa shape index (κ2) is 10.2. The van der Waals surface area contributed by atoms with Crippen LogP contribution >= 0.6 is 11.3 Å². The Morgan fingerprint density at radius 1 is 1.17 bits per heavy atom. The van der Waals surface area contributed by atoms with Crippen molar-refractivity contribution in [1.29, 1.82) is 5.26 Å². The fourth-order valence-corrected chi connectivity index (χ4v) is 3.50. The molecule has 1 aromatic heterocycles. The topological polar surface area (TPSA) is 84.2 Å². The predicted molar refractivity (Wildman–Crippen MR) is 118 cm³/mol. The van der Waals surface area contributed by atoms with Gasteiger partial charge in [0.1, 0.15) is 22.4 Å². The van der Waals surface area contributed by atoms with E-state index in [2.05, 4.69) is 16.4 Å². The van der Waals surface area contributed by atoms with Gasteiger partial charge in [0, 0.05) is 17.1 Å². The molecule has 3 aromatic rings. The summed E-state index contributed by atoms with van der Waals surface area (Å²) in [6, 6.07) is 16.8. The van der Waals surface area contributed by atoms with E-state index in [1.165, 1.54) is 11.3 Å². The van der Waals surface area contributed by atoms with Gasteiger partial charge in [-0.15, -0.1) is 11.3 Å². The predicted octanol–water partition coefficient (Wildman–Crippen LogP) is 5.36. The van der Waals surface area contributed by atoms with Gasteiger partial charge in [-0.25, -0.2) is 9.78 Å². The molecule has 0 spiro atoms. The molecule has 30 heavy (non-hydrogen) atoms. The van der Waals surface area contributed by atoms with Gasteiger partial charge >= 0.3 is 5.97 Å². The van der Waals surface area contributed by atoms with E-state index in [0.29, 0.717) is 35.0 Å². The summed E-state index contributed by atoms with van der Waals surface area (Å²) in [6.45, 7) is 4.60. The SMILES string of the molecule is CCOC(=O)c1ccccc1N/C=C(/C#N)c1nc(-c2ccc(OCC)cc2)cs1. The van der Waals surface area contributed by atoms with Crippen molar-refractivity contribution < 1.29 is 14.3 Å². The number of benzene rings is 2. The van der Waals surface area contributed by atoms with Crippen LogP contribution in [0.5, 0.6) is 5.75 Å². The van der Waals surface area contributed by atoms with Gasteiger partial charge in [0.2, 0.25) is 0 Å². The van der Waals surface area contributed by atoms with E-state index in [4.69, 9.17) is 9.47 Å². The van der Waals surface area contributed by atoms with Crippen LogP contribution in [0.1, 0.15) is 29.2 Å². The summed E-state index contributed by atoms with van der Waals surface area (Å²) in [5, 5.41) is 15.1. The van der Waals surface area contributed by atoms with E-state index in [-0.39, 0.29) is 0 Å². The van der Waals surface area contributed by atoms with Gasteiger partial charge in [0.15, 0.2) is 0 Å². The zero-order valence-corrected chi connectivity index (χ0v) is 17.5. The first-order chi connectivity index (χ1) is 14.7. The molecule has 0 fully saturated rings. The number of carbonyl (C=O) groups is 1. The monoisotopic (exact) mass is 419 g/mol. The lowest BCUT2D eigenvalue weighted by atomic mass is 10.1. The molecule has 0 aliphatic rings. The molecule has 0 unspecified atom stereocenters. The maximum Gasteiger partial charge on any atom is 0.340 e. The lowest BCUT2D eigenvalue weighted by Crippen LogP contribution is -2.07. The molecule has 3 rings (SSSR count). The van der Waals surface area contributed by atoms with Crippen molar-refractivity contribution in [1.82, 2.24) is 4.98 Å². The second-order valence-corrected chi connectivity index (χ2v) is 6.93. The average molecular weight is 420 g/mol. The highest BCUT2D eigenvalue weighted by molar-refractivity contribution is 7.11. The molecule has 0 bridgehead atoms. The molecule has 0 aliphatic heterocycles. The molecule has 0 aliphatic carbocycles. The third-order valence-corrected chi connectivity index (χ3v) is 4.99. The Balaban J connectivity index is 1.80. The molecule has 0 saturated heterocycles. The van der Waals surface area contributed by atoms with E-state index >= 15 is 0 Å². The summed E-state index contributed by atoms with van der Waals surface area (Å²) in [7, 11) is 0. The van der Waals surface area contributed by atoms with Crippen LogP contribution in [0.25, 0.3) is 16.8 Å². The zero-order chi connectivity index (χ0) is 21.3. The van der Waals surface area contributed by atoms with Gasteiger partial charge in [-0.05, 0) is 50.2 Å². The van der Waals surface area contributed by atoms with Crippen LogP contribution in [0.15, 0.2) is 60.1 Å². The number of nitriles is 1. The van der Waals surface area contributed by atoms with Crippen LogP contribution in [0.3, 0.4) is 0 Å². The number of aromatic nitrogens is 1. The molecule has 0 radical (unpaired) electrons. The Hall–Kier alpha value is -3.63. The normalized spacial score (nSPS) is 10.9. The van der Waals surface area contributed by atoms with Crippen molar-refractivity contribution in [2.75, 3.05) is 18.5 Å². The highest BCUT2D eigenvalue weighted by Crippen LogP contribution is 2.27. The Labute approximate surface area is 179 Å². The third-order valence-electron chi connectivity index (χ3n) is 4.11. The van der Waals surface area contributed by atoms with E-state index in [1.54, 1.807) is 37.4 Å². The number of rotatable bonds is 8. The van der Waals surface area contributed by atoms with Gasteiger partial charge in [-0.2, -0.15) is 5.26 Å². The first-order valence-electron chi connectivity index (χ1n) is 9.48. The molecular weight excluding hydrogens is 398 g/mol. The fourth-order valence-electron chi connectivity index (χ4n) is 2.71. The minimum Gasteiger partial charge on any atom is -0.494 e. The molecule has 6 nitrogen and oxygen atoms in total. The van der Waals surface area contributed by atoms with Gasteiger partial charge in [0.25, 0.3) is 0 Å². The summed E-state index contributed by atoms with van der Waals surface area (Å²) in [5.41, 5.74) is 3.06. The molecule has 7 heteroatoms. The van der Waals surface area contributed by atoms with Crippen LogP contribution in [-0.4, -0.2) is 24.2 Å². The summed E-state index contributed by atoms with van der Waals surface area (Å²) in [4.78, 5) is 16.7. The van der Waals surface area contributed by atoms with E-state index in [1.807, 2.05) is 36.6 Å². The van der Waals surface area contributed by atoms with Crippen LogP contribution in [0, 0.1) is 11.3 Å². The van der Waals surface area contributed by atoms with Crippen molar-refractivity contribution in [3.8, 4) is 23.1 Å². The molecule has 2 aromatic carbocycles. The maximum absolute atomic E-state index is 12.1. The van der Waals surface area contributed by atoms with Crippen molar-refractivity contribution in [3.05, 3.63) is 70.7 Å². The number of nitrogens with zero attached hydrogens (tertiary/aromatic N) is 2. The highest BCUT2D eigenvalue weighted by atomic mass is 32.1. The summed E-state index contributed by atoms with van der Waals surface area (Å²) < 4.78 is 10.5. The molecule has 1 N–H and O–H groups in total. The number of ether oxygens (including phenoxy) is 2. The van der Waals surface area contributed by atoms with Crippen molar-refractivity contribution >= 4 is 28.6 Å². The van der Waals surface area contributed by atoms with E-state index in [9.17, 15) is 10.1 Å². The Morgan fingerprint density at radius 2 is 1.93 bits per heavy atom. The first kappa shape index (κ1) is 21.1. The Bertz CT molecular complexity index is 1080. The summed E-state index contributed by atoms with van der Waals surface area (Å²) in [6.07, 6.45) is 1.55. The summed E-state index contributed by atoms with van der Waals surface area (Å²) >= 11 is 1.38. The van der Waals surface area contributed by atoms with Crippen molar-refractivity contribution in [2.24, 2.45) is 0 Å². The van der Waals surface area contributed by atoms with E-state index < -0.39 is 5.97 Å². The minimum absolute atomic E-state index is 0.292. The lowest BCUT2D eigenvalue weighted by Gasteiger charge is -2.08. The quantitative estimate of drug-likeness (QED) is 0.391. The first-order valence-corrected chi connectivity index (χ1v) is 10.4. The summed E-state index contributed by atoms with van der Waals surface area (Å²) in [5.74, 6) is 0.387. The second-order valence-electron chi connectivity index (χ2n) is 6.08. The van der Waals surface area contributed by atoms with Gasteiger partial charge in [-0.1, -0.05) is 12.1 Å².